The van der Waals surface area contributed by atoms with E-state index in [0.717, 1.165) is 32.3 Å². The minimum atomic E-state index is 0.697. The summed E-state index contributed by atoms with van der Waals surface area (Å²) in [5, 5.41) is 9.31. The molecule has 0 saturated carbocycles. The van der Waals surface area contributed by atoms with Crippen LogP contribution in [-0.2, 0) is 6.54 Å². The van der Waals surface area contributed by atoms with Crippen molar-refractivity contribution in [3.63, 3.8) is 0 Å². The zero-order valence-electron chi connectivity index (χ0n) is 10.2. The van der Waals surface area contributed by atoms with Crippen LogP contribution in [-0.4, -0.2) is 4.57 Å². The monoisotopic (exact) mass is 366 g/mol. The summed E-state index contributed by atoms with van der Waals surface area (Å²) >= 11 is 6.92. The van der Waals surface area contributed by atoms with Crippen molar-refractivity contribution >= 4 is 31.9 Å². The van der Waals surface area contributed by atoms with Crippen LogP contribution in [0.3, 0.4) is 0 Å². The Morgan fingerprint density at radius 1 is 1.33 bits per heavy atom. The summed E-state index contributed by atoms with van der Waals surface area (Å²) in [5.41, 5.74) is 3.93. The Morgan fingerprint density at radius 2 is 2.06 bits per heavy atom. The average molecular weight is 368 g/mol. The molecule has 0 bridgehead atoms. The van der Waals surface area contributed by atoms with Gasteiger partial charge in [-0.3, -0.25) is 0 Å². The molecule has 0 fully saturated rings. The van der Waals surface area contributed by atoms with E-state index < -0.39 is 0 Å². The number of hydrogen-bond acceptors (Lipinski definition) is 1. The molecule has 0 N–H and O–H groups in total. The van der Waals surface area contributed by atoms with E-state index in [1.807, 2.05) is 18.3 Å². The molecule has 92 valence electrons. The van der Waals surface area contributed by atoms with Gasteiger partial charge in [-0.25, -0.2) is 0 Å². The van der Waals surface area contributed by atoms with Gasteiger partial charge in [-0.15, -0.1) is 0 Å². The molecule has 0 radical (unpaired) electrons. The zero-order chi connectivity index (χ0) is 13.3. The quantitative estimate of drug-likeness (QED) is 0.743. The van der Waals surface area contributed by atoms with Gasteiger partial charge in [0.05, 0.1) is 15.7 Å². The maximum absolute atomic E-state index is 9.31. The number of benzene rings is 1. The van der Waals surface area contributed by atoms with Gasteiger partial charge in [0.2, 0.25) is 0 Å². The first-order valence-corrected chi connectivity index (χ1v) is 7.22. The number of hydrogen-bond donors (Lipinski definition) is 0. The summed E-state index contributed by atoms with van der Waals surface area (Å²) in [7, 11) is 0. The summed E-state index contributed by atoms with van der Waals surface area (Å²) in [6.07, 6.45) is 1.97. The predicted molar refractivity (Wildman–Crippen MR) is 80.4 cm³/mol. The topological polar surface area (TPSA) is 28.7 Å². The highest BCUT2D eigenvalue weighted by molar-refractivity contribution is 9.10. The van der Waals surface area contributed by atoms with Crippen molar-refractivity contribution in [3.8, 4) is 17.3 Å². The fourth-order valence-corrected chi connectivity index (χ4v) is 3.06. The molecule has 0 amide bonds. The van der Waals surface area contributed by atoms with Gasteiger partial charge in [0.15, 0.2) is 0 Å². The fourth-order valence-electron chi connectivity index (χ4n) is 2.06. The highest BCUT2D eigenvalue weighted by Gasteiger charge is 2.16. The Labute approximate surface area is 123 Å². The van der Waals surface area contributed by atoms with E-state index in [0.29, 0.717) is 5.56 Å². The van der Waals surface area contributed by atoms with E-state index >= 15 is 0 Å². The van der Waals surface area contributed by atoms with Crippen LogP contribution in [0.15, 0.2) is 33.3 Å². The molecule has 0 spiro atoms. The van der Waals surface area contributed by atoms with E-state index in [2.05, 4.69) is 62.4 Å². The first kappa shape index (κ1) is 13.4. The molecule has 18 heavy (non-hydrogen) atoms. The smallest absolute Gasteiger partial charge is 0.103 e. The van der Waals surface area contributed by atoms with Crippen LogP contribution in [0.5, 0.6) is 0 Å². The lowest BCUT2D eigenvalue weighted by molar-refractivity contribution is 0.775. The number of nitriles is 1. The van der Waals surface area contributed by atoms with Gasteiger partial charge in [0.25, 0.3) is 0 Å². The molecule has 2 rings (SSSR count). The molecular formula is C14H12Br2N2. The number of aryl methyl sites for hydroxylation is 2. The van der Waals surface area contributed by atoms with Crippen LogP contribution in [0, 0.1) is 18.3 Å². The summed E-state index contributed by atoms with van der Waals surface area (Å²) in [6, 6.07) is 8.40. The van der Waals surface area contributed by atoms with Crippen molar-refractivity contribution in [2.24, 2.45) is 0 Å². The number of aromatic nitrogens is 1. The fraction of sp³-hybridized carbons (Fsp3) is 0.214. The Balaban J connectivity index is 2.74. The molecule has 1 aromatic heterocycles. The molecule has 1 heterocycles. The Morgan fingerprint density at radius 3 is 2.61 bits per heavy atom. The highest BCUT2D eigenvalue weighted by atomic mass is 79.9. The number of rotatable bonds is 2. The lowest BCUT2D eigenvalue weighted by atomic mass is 10.0. The highest BCUT2D eigenvalue weighted by Crippen LogP contribution is 2.34. The normalized spacial score (nSPS) is 10.4. The minimum absolute atomic E-state index is 0.697. The summed E-state index contributed by atoms with van der Waals surface area (Å²) < 4.78 is 4.00. The standard InChI is InChI=1S/C14H12Br2N2/c1-3-18-8-13(16)12(7-17)14(18)11-5-4-10(15)6-9(11)2/h4-6,8H,3H2,1-2H3. The van der Waals surface area contributed by atoms with Crippen molar-refractivity contribution in [1.29, 1.82) is 5.26 Å². The van der Waals surface area contributed by atoms with Gasteiger partial charge in [-0.2, -0.15) is 5.26 Å². The second-order valence-corrected chi connectivity index (χ2v) is 5.83. The van der Waals surface area contributed by atoms with E-state index in [1.54, 1.807) is 0 Å². The molecule has 4 heteroatoms. The van der Waals surface area contributed by atoms with Crippen LogP contribution in [0.4, 0.5) is 0 Å². The van der Waals surface area contributed by atoms with E-state index in [-0.39, 0.29) is 0 Å². The second-order valence-electron chi connectivity index (χ2n) is 4.06. The SMILES string of the molecule is CCn1cc(Br)c(C#N)c1-c1ccc(Br)cc1C. The third kappa shape index (κ3) is 2.25. The number of halogens is 2. The average Bonchev–Trinajstić information content (AvgIpc) is 2.65. The van der Waals surface area contributed by atoms with Gasteiger partial charge in [-0.05, 0) is 47.5 Å². The molecule has 0 aliphatic rings. The third-order valence-electron chi connectivity index (χ3n) is 2.93. The molecule has 0 aliphatic heterocycles. The molecule has 2 aromatic rings. The lowest BCUT2D eigenvalue weighted by Crippen LogP contribution is -1.97. The largest absolute Gasteiger partial charge is 0.345 e. The maximum atomic E-state index is 9.31. The van der Waals surface area contributed by atoms with Crippen molar-refractivity contribution in [2.75, 3.05) is 0 Å². The van der Waals surface area contributed by atoms with Crippen molar-refractivity contribution in [1.82, 2.24) is 4.57 Å². The molecule has 1 aromatic carbocycles. The second kappa shape index (κ2) is 5.29. The Hall–Kier alpha value is -1.05. The molecular weight excluding hydrogens is 356 g/mol. The summed E-state index contributed by atoms with van der Waals surface area (Å²) in [5.74, 6) is 0. The Kier molecular flexibility index (Phi) is 3.94. The van der Waals surface area contributed by atoms with Gasteiger partial charge < -0.3 is 4.57 Å². The van der Waals surface area contributed by atoms with Crippen LogP contribution < -0.4 is 0 Å². The predicted octanol–water partition coefficient (Wildman–Crippen LogP) is 4.88. The van der Waals surface area contributed by atoms with Gasteiger partial charge >= 0.3 is 0 Å². The van der Waals surface area contributed by atoms with Crippen LogP contribution in [0.25, 0.3) is 11.3 Å². The van der Waals surface area contributed by atoms with Crippen molar-refractivity contribution in [2.45, 2.75) is 20.4 Å². The molecule has 0 atom stereocenters. The van der Waals surface area contributed by atoms with Crippen molar-refractivity contribution < 1.29 is 0 Å². The zero-order valence-corrected chi connectivity index (χ0v) is 13.3. The molecule has 0 unspecified atom stereocenters. The van der Waals surface area contributed by atoms with Gasteiger partial charge in [-0.1, -0.05) is 22.0 Å². The van der Waals surface area contributed by atoms with Gasteiger partial charge in [0, 0.05) is 22.8 Å². The van der Waals surface area contributed by atoms with E-state index in [4.69, 9.17) is 0 Å². The first-order valence-electron chi connectivity index (χ1n) is 5.63. The van der Waals surface area contributed by atoms with Crippen LogP contribution >= 0.6 is 31.9 Å². The first-order chi connectivity index (χ1) is 8.58. The lowest BCUT2D eigenvalue weighted by Gasteiger charge is -2.10. The Bertz CT molecular complexity index is 636. The van der Waals surface area contributed by atoms with Crippen LogP contribution in [0.1, 0.15) is 18.1 Å². The molecule has 0 saturated heterocycles. The van der Waals surface area contributed by atoms with E-state index in [9.17, 15) is 5.26 Å². The van der Waals surface area contributed by atoms with E-state index in [1.165, 1.54) is 0 Å². The maximum Gasteiger partial charge on any atom is 0.103 e. The van der Waals surface area contributed by atoms with Crippen LogP contribution in [0.2, 0.25) is 0 Å². The number of nitrogens with zero attached hydrogens (tertiary/aromatic N) is 2. The third-order valence-corrected chi connectivity index (χ3v) is 4.02. The minimum Gasteiger partial charge on any atom is -0.345 e. The van der Waals surface area contributed by atoms with Gasteiger partial charge in [0.1, 0.15) is 6.07 Å². The summed E-state index contributed by atoms with van der Waals surface area (Å²) in [4.78, 5) is 0. The molecule has 2 nitrogen and oxygen atoms in total. The van der Waals surface area contributed by atoms with Crippen molar-refractivity contribution in [3.05, 3.63) is 44.5 Å². The summed E-state index contributed by atoms with van der Waals surface area (Å²) in [6.45, 7) is 4.97. The molecule has 0 aliphatic carbocycles.